The Morgan fingerprint density at radius 3 is 2.43 bits per heavy atom. The van der Waals surface area contributed by atoms with Gasteiger partial charge in [-0.3, -0.25) is 4.72 Å². The minimum absolute atomic E-state index is 0.0802. The van der Waals surface area contributed by atoms with Crippen molar-refractivity contribution in [1.82, 2.24) is 4.72 Å². The average molecular weight is 213 g/mol. The highest BCUT2D eigenvalue weighted by Crippen LogP contribution is 2.15. The summed E-state index contributed by atoms with van der Waals surface area (Å²) < 4.78 is 15.9. The van der Waals surface area contributed by atoms with Crippen LogP contribution in [0.2, 0.25) is 0 Å². The normalized spacial score (nSPS) is 13.1. The van der Waals surface area contributed by atoms with Crippen molar-refractivity contribution >= 4 is 16.5 Å². The van der Waals surface area contributed by atoms with Gasteiger partial charge >= 0.3 is 0 Å². The topological polar surface area (TPSA) is 12.0 Å². The fourth-order valence-electron chi connectivity index (χ4n) is 1.16. The minimum atomic E-state index is -0.186. The van der Waals surface area contributed by atoms with Crippen molar-refractivity contribution in [2.45, 2.75) is 25.6 Å². The Hall–Kier alpha value is -0.670. The zero-order chi connectivity index (χ0) is 10.6. The van der Waals surface area contributed by atoms with E-state index in [1.807, 2.05) is 12.1 Å². The van der Waals surface area contributed by atoms with E-state index in [1.54, 1.807) is 0 Å². The van der Waals surface area contributed by atoms with Crippen LogP contribution in [0.25, 0.3) is 0 Å². The van der Waals surface area contributed by atoms with Crippen molar-refractivity contribution in [2.75, 3.05) is 0 Å². The third kappa shape index (κ3) is 4.03. The lowest BCUT2D eigenvalue weighted by Crippen LogP contribution is -2.16. The molecule has 0 aromatic heterocycles. The molecule has 0 aliphatic heterocycles. The highest BCUT2D eigenvalue weighted by atomic mass is 32.2. The second kappa shape index (κ2) is 5.27. The molecule has 0 radical (unpaired) electrons. The minimum Gasteiger partial charge on any atom is -0.267 e. The third-order valence-corrected chi connectivity index (χ3v) is 3.14. The molecule has 1 N–H and O–H groups in total. The van der Waals surface area contributed by atoms with Crippen LogP contribution >= 0.6 is 10.7 Å². The highest BCUT2D eigenvalue weighted by molar-refractivity contribution is 8.11. The molecule has 14 heavy (non-hydrogen) atoms. The van der Waals surface area contributed by atoms with Crippen LogP contribution in [0.3, 0.4) is 0 Å². The maximum Gasteiger partial charge on any atom is 0.123 e. The predicted molar refractivity (Wildman–Crippen MR) is 63.1 cm³/mol. The Morgan fingerprint density at radius 2 is 1.93 bits per heavy atom. The predicted octanol–water partition coefficient (Wildman–Crippen LogP) is 2.94. The van der Waals surface area contributed by atoms with Crippen molar-refractivity contribution in [1.29, 1.82) is 0 Å². The van der Waals surface area contributed by atoms with Gasteiger partial charge in [0.25, 0.3) is 0 Å². The molecule has 0 saturated carbocycles. The quantitative estimate of drug-likeness (QED) is 0.758. The fraction of sp³-hybridized carbons (Fsp3) is 0.364. The van der Waals surface area contributed by atoms with E-state index in [0.717, 1.165) is 11.3 Å². The van der Waals surface area contributed by atoms with Crippen LogP contribution in [0.5, 0.6) is 0 Å². The fourth-order valence-corrected chi connectivity index (χ4v) is 2.50. The number of hydrogen-bond donors (Lipinski definition) is 1. The lowest BCUT2D eigenvalue weighted by atomic mass is 10.2. The Morgan fingerprint density at radius 1 is 1.36 bits per heavy atom. The van der Waals surface area contributed by atoms with Crippen molar-refractivity contribution in [3.05, 3.63) is 35.6 Å². The SMILES string of the molecule is C=S(Cc1ccc(F)cc1)NC(C)C. The van der Waals surface area contributed by atoms with Gasteiger partial charge in [0.15, 0.2) is 0 Å². The first-order valence-corrected chi connectivity index (χ1v) is 6.15. The molecule has 1 nitrogen and oxygen atoms in total. The summed E-state index contributed by atoms with van der Waals surface area (Å²) in [5.74, 6) is 4.69. The van der Waals surface area contributed by atoms with Gasteiger partial charge in [-0.15, -0.1) is 10.7 Å². The Bertz CT molecular complexity index is 306. The lowest BCUT2D eigenvalue weighted by Gasteiger charge is -2.12. The van der Waals surface area contributed by atoms with Crippen LogP contribution in [0, 0.1) is 5.82 Å². The van der Waals surface area contributed by atoms with E-state index in [-0.39, 0.29) is 16.5 Å². The van der Waals surface area contributed by atoms with Crippen molar-refractivity contribution in [3.8, 4) is 0 Å². The highest BCUT2D eigenvalue weighted by Gasteiger charge is 1.98. The van der Waals surface area contributed by atoms with Gasteiger partial charge < -0.3 is 0 Å². The van der Waals surface area contributed by atoms with E-state index < -0.39 is 0 Å². The van der Waals surface area contributed by atoms with Crippen molar-refractivity contribution in [2.24, 2.45) is 0 Å². The zero-order valence-corrected chi connectivity index (χ0v) is 9.40. The molecule has 1 unspecified atom stereocenters. The average Bonchev–Trinajstić information content (AvgIpc) is 2.07. The third-order valence-electron chi connectivity index (χ3n) is 1.66. The number of nitrogens with one attached hydrogen (secondary N) is 1. The van der Waals surface area contributed by atoms with E-state index in [9.17, 15) is 4.39 Å². The molecular weight excluding hydrogens is 197 g/mol. The van der Waals surface area contributed by atoms with E-state index in [0.29, 0.717) is 6.04 Å². The van der Waals surface area contributed by atoms with E-state index in [1.165, 1.54) is 12.1 Å². The molecule has 78 valence electrons. The molecule has 1 aromatic carbocycles. The molecule has 1 aromatic rings. The van der Waals surface area contributed by atoms with Gasteiger partial charge in [0.05, 0.1) is 0 Å². The standard InChI is InChI=1S/C11H16FNS/c1-9(2)13-14(3)8-10-4-6-11(12)7-5-10/h4-7,9,13H,3,8H2,1-2H3. The van der Waals surface area contributed by atoms with Crippen molar-refractivity contribution < 1.29 is 4.39 Å². The Labute approximate surface area is 87.4 Å². The van der Waals surface area contributed by atoms with Gasteiger partial charge in [-0.1, -0.05) is 18.0 Å². The monoisotopic (exact) mass is 213 g/mol. The summed E-state index contributed by atoms with van der Waals surface area (Å²) in [6.07, 6.45) is 0. The summed E-state index contributed by atoms with van der Waals surface area (Å²) in [5.41, 5.74) is 1.12. The van der Waals surface area contributed by atoms with Gasteiger partial charge in [0.1, 0.15) is 5.82 Å². The van der Waals surface area contributed by atoms with Crippen molar-refractivity contribution in [3.63, 3.8) is 0 Å². The van der Waals surface area contributed by atoms with Crippen LogP contribution in [-0.4, -0.2) is 11.9 Å². The first kappa shape index (κ1) is 11.4. The summed E-state index contributed by atoms with van der Waals surface area (Å²) in [7, 11) is -0.0802. The molecule has 0 spiro atoms. The van der Waals surface area contributed by atoms with Gasteiger partial charge in [-0.2, -0.15) is 0 Å². The smallest absolute Gasteiger partial charge is 0.123 e. The molecule has 0 fully saturated rings. The summed E-state index contributed by atoms with van der Waals surface area (Å²) >= 11 is 0. The molecule has 1 rings (SSSR count). The molecule has 0 aliphatic rings. The number of benzene rings is 1. The molecule has 0 saturated heterocycles. The van der Waals surface area contributed by atoms with Gasteiger partial charge in [0.2, 0.25) is 0 Å². The van der Waals surface area contributed by atoms with Crippen LogP contribution in [0.4, 0.5) is 4.39 Å². The molecule has 1 atom stereocenters. The molecule has 0 amide bonds. The summed E-state index contributed by atoms with van der Waals surface area (Å²) in [6.45, 7) is 4.19. The van der Waals surface area contributed by atoms with Gasteiger partial charge in [-0.05, 0) is 31.5 Å². The second-order valence-corrected chi connectivity index (χ2v) is 5.05. The maximum atomic E-state index is 12.6. The van der Waals surface area contributed by atoms with E-state index in [4.69, 9.17) is 0 Å². The van der Waals surface area contributed by atoms with Crippen LogP contribution < -0.4 is 4.72 Å². The summed E-state index contributed by atoms with van der Waals surface area (Å²) in [6, 6.07) is 7.03. The van der Waals surface area contributed by atoms with Crippen LogP contribution in [0.15, 0.2) is 24.3 Å². The van der Waals surface area contributed by atoms with Gasteiger partial charge in [-0.25, -0.2) is 4.39 Å². The summed E-state index contributed by atoms with van der Waals surface area (Å²) in [5, 5.41) is 0. The molecule has 0 heterocycles. The van der Waals surface area contributed by atoms with Gasteiger partial charge in [0, 0.05) is 11.8 Å². The zero-order valence-electron chi connectivity index (χ0n) is 8.59. The largest absolute Gasteiger partial charge is 0.267 e. The molecule has 0 bridgehead atoms. The first-order chi connectivity index (χ1) is 6.58. The maximum absolute atomic E-state index is 12.6. The van der Waals surface area contributed by atoms with Crippen LogP contribution in [0.1, 0.15) is 19.4 Å². The lowest BCUT2D eigenvalue weighted by molar-refractivity contribution is 0.627. The number of halogens is 1. The Kier molecular flexibility index (Phi) is 4.29. The Balaban J connectivity index is 2.52. The number of hydrogen-bond acceptors (Lipinski definition) is 1. The van der Waals surface area contributed by atoms with E-state index >= 15 is 0 Å². The second-order valence-electron chi connectivity index (χ2n) is 3.54. The summed E-state index contributed by atoms with van der Waals surface area (Å²) in [4.78, 5) is 0. The first-order valence-electron chi connectivity index (χ1n) is 4.59. The van der Waals surface area contributed by atoms with Crippen LogP contribution in [-0.2, 0) is 5.75 Å². The molecule has 0 aliphatic carbocycles. The molecular formula is C11H16FNS. The van der Waals surface area contributed by atoms with E-state index in [2.05, 4.69) is 24.4 Å². The molecule has 3 heteroatoms. The number of rotatable bonds is 4.